The van der Waals surface area contributed by atoms with Crippen molar-refractivity contribution in [3.63, 3.8) is 0 Å². The van der Waals surface area contributed by atoms with Crippen molar-refractivity contribution in [1.82, 2.24) is 24.9 Å². The molecule has 4 heterocycles. The fourth-order valence-corrected chi connectivity index (χ4v) is 27.1. The number of hydrogen-bond acceptors (Lipinski definition) is 30. The van der Waals surface area contributed by atoms with Crippen molar-refractivity contribution >= 4 is 139 Å². The summed E-state index contributed by atoms with van der Waals surface area (Å²) in [6.45, 7) is 16.6. The molecule has 4 aliphatic carbocycles. The van der Waals surface area contributed by atoms with Crippen LogP contribution in [0, 0.1) is 23.7 Å². The summed E-state index contributed by atoms with van der Waals surface area (Å²) < 4.78 is 188. The van der Waals surface area contributed by atoms with E-state index in [0.717, 1.165) is 118 Å². The lowest BCUT2D eigenvalue weighted by atomic mass is 9.87. The largest absolute Gasteiger partial charge is 0.380 e. The van der Waals surface area contributed by atoms with Gasteiger partial charge in [0, 0.05) is 55.0 Å². The maximum Gasteiger partial charge on any atom is 0.380 e. The average Bonchev–Trinajstić information content (AvgIpc) is 1.48. The van der Waals surface area contributed by atoms with Gasteiger partial charge in [-0.15, -0.1) is 11.3 Å². The summed E-state index contributed by atoms with van der Waals surface area (Å²) in [5.41, 5.74) is 4.90. The lowest BCUT2D eigenvalue weighted by Gasteiger charge is -2.26. The second kappa shape index (κ2) is 53.9. The van der Waals surface area contributed by atoms with Crippen LogP contribution in [-0.2, 0) is 127 Å². The van der Waals surface area contributed by atoms with E-state index in [4.69, 9.17) is 36.2 Å². The fourth-order valence-electron chi connectivity index (χ4n) is 17.0. The molecular weight excluding hydrogens is 1950 g/mol. The number of carbonyl (C=O) groups excluding carboxylic acids is 4. The van der Waals surface area contributed by atoms with Crippen molar-refractivity contribution in [3.05, 3.63) is 185 Å². The van der Waals surface area contributed by atoms with Gasteiger partial charge in [-0.1, -0.05) is 138 Å². The monoisotopic (exact) mass is 2080 g/mol. The first-order valence-electron chi connectivity index (χ1n) is 47.0. The topological polar surface area (TPSA) is 463 Å². The lowest BCUT2D eigenvalue weighted by Crippen LogP contribution is -2.38. The highest BCUT2D eigenvalue weighted by Gasteiger charge is 2.36. The van der Waals surface area contributed by atoms with Crippen LogP contribution in [0.4, 0.5) is 33.1 Å². The quantitative estimate of drug-likeness (QED) is 0.0257. The van der Waals surface area contributed by atoms with Gasteiger partial charge in [0.15, 0.2) is 55.7 Å². The zero-order chi connectivity index (χ0) is 100. The van der Waals surface area contributed by atoms with Crippen molar-refractivity contribution < 1.29 is 107 Å². The van der Waals surface area contributed by atoms with E-state index in [1.54, 1.807) is 187 Å². The minimum Gasteiger partial charge on any atom is -0.310 e. The standard InChI is InChI=1S/2C25H35N2O6PS.C23H33N4O6PS.C22H31N2O6PS2/c2*1-4-32-34(29,33-5-2)18-20-10-15-24(26-17-20)27-25(28)23(16-19-8-6-7-9-19)21-11-13-22(14-12-21)35(3,30)31;1-4-32-34(29,33-5-2)17-19-14-25-22(15-24-19)26-23(28)27(16-18-8-6-7-9-18)20-10-12-21(13-11-20)35(3,30)31;1-4-29-31(26,30-5-2)20-15-32-22(23-20)24-21(25)19(14-16-8-6-7-9-16)17-10-12-18(13-11-17)33(3,27)28/h2*10-15,17,19,23H,4-9,16,18H2,1-3H3,(H,26,27,28);10-15,18H,4-9,16-17H2,1-3H3,(H,25,26,28);10-13,15-16,19H,4-9,14H2,1-3H3,(H,23,24,25)/t2*23-;;19-/m11.1/s1. The van der Waals surface area contributed by atoms with E-state index >= 15 is 0 Å². The van der Waals surface area contributed by atoms with Gasteiger partial charge in [0.25, 0.3) is 0 Å². The highest BCUT2D eigenvalue weighted by molar-refractivity contribution is 7.91. The van der Waals surface area contributed by atoms with E-state index in [9.17, 15) is 71.1 Å². The molecule has 0 saturated heterocycles. The predicted octanol–water partition coefficient (Wildman–Crippen LogP) is 20.7. The van der Waals surface area contributed by atoms with Gasteiger partial charge < -0.3 is 52.1 Å². The highest BCUT2D eigenvalue weighted by Crippen LogP contribution is 2.54. The predicted molar refractivity (Wildman–Crippen MR) is 537 cm³/mol. The number of urea groups is 1. The van der Waals surface area contributed by atoms with Gasteiger partial charge in [-0.25, -0.2) is 58.4 Å². The van der Waals surface area contributed by atoms with Crippen LogP contribution in [0.15, 0.2) is 171 Å². The number of pyridine rings is 2. The molecule has 12 rings (SSSR count). The number of thiazole rings is 1. The molecule has 0 bridgehead atoms. The van der Waals surface area contributed by atoms with Crippen LogP contribution in [0.3, 0.4) is 0 Å². The third-order valence-electron chi connectivity index (χ3n) is 23.7. The molecule has 4 aliphatic rings. The van der Waals surface area contributed by atoms with Gasteiger partial charge in [0.1, 0.15) is 11.6 Å². The Kier molecular flexibility index (Phi) is 44.3. The molecule has 4 saturated carbocycles. The Morgan fingerprint density at radius 2 is 0.681 bits per heavy atom. The van der Waals surface area contributed by atoms with Crippen LogP contribution in [-0.4, -0.2) is 167 Å². The van der Waals surface area contributed by atoms with Gasteiger partial charge in [0.05, 0.1) is 127 Å². The van der Waals surface area contributed by atoms with Gasteiger partial charge in [-0.2, -0.15) is 0 Å². The van der Waals surface area contributed by atoms with Crippen molar-refractivity contribution in [1.29, 1.82) is 0 Å². The molecule has 3 atom stereocenters. The van der Waals surface area contributed by atoms with Crippen LogP contribution in [0.2, 0.25) is 0 Å². The molecule has 4 N–H and O–H groups in total. The number of sulfone groups is 4. The van der Waals surface area contributed by atoms with Gasteiger partial charge in [0.2, 0.25) is 17.7 Å². The number of amides is 5. The molecule has 8 aromatic rings. The van der Waals surface area contributed by atoms with E-state index in [2.05, 4.69) is 46.2 Å². The maximum absolute atomic E-state index is 13.3. The molecule has 5 amide bonds. The summed E-state index contributed by atoms with van der Waals surface area (Å²) in [6, 6.07) is 32.4. The Labute approximate surface area is 817 Å². The number of benzene rings is 4. The van der Waals surface area contributed by atoms with Gasteiger partial charge in [-0.05, 0) is 212 Å². The van der Waals surface area contributed by atoms with Crippen molar-refractivity contribution in [2.45, 2.75) is 233 Å². The minimum atomic E-state index is -3.53. The van der Waals surface area contributed by atoms with Gasteiger partial charge in [-0.3, -0.25) is 47.8 Å². The molecule has 0 aliphatic heterocycles. The summed E-state index contributed by atoms with van der Waals surface area (Å²) >= 11 is 1.16. The number of nitrogens with one attached hydrogen (secondary N) is 4. The van der Waals surface area contributed by atoms with Crippen LogP contribution in [0.25, 0.3) is 0 Å². The zero-order valence-electron chi connectivity index (χ0n) is 80.7. The molecular formula is C95H134N10O24P4S5. The third kappa shape index (κ3) is 35.8. The van der Waals surface area contributed by atoms with Gasteiger partial charge >= 0.3 is 36.4 Å². The molecule has 4 aromatic heterocycles. The summed E-state index contributed by atoms with van der Waals surface area (Å²) in [7, 11) is -26.6. The summed E-state index contributed by atoms with van der Waals surface area (Å²) in [5, 5.41) is 13.3. The molecule has 4 fully saturated rings. The lowest BCUT2D eigenvalue weighted by molar-refractivity contribution is -0.118. The van der Waals surface area contributed by atoms with E-state index in [1.807, 2.05) is 0 Å². The number of hydrogen-bond donors (Lipinski definition) is 4. The maximum atomic E-state index is 13.3. The summed E-state index contributed by atoms with van der Waals surface area (Å²) in [4.78, 5) is 77.1. The van der Waals surface area contributed by atoms with Crippen molar-refractivity contribution in [3.8, 4) is 0 Å². The fraction of sp³-hybridized carbons (Fsp3) is 0.526. The molecule has 0 spiro atoms. The Balaban J connectivity index is 0.000000206. The van der Waals surface area contributed by atoms with E-state index in [0.29, 0.717) is 88.8 Å². The normalized spacial score (nSPS) is 15.6. The van der Waals surface area contributed by atoms with Crippen LogP contribution in [0.5, 0.6) is 0 Å². The Bertz CT molecular complexity index is 5460. The van der Waals surface area contributed by atoms with E-state index < -0.39 is 87.5 Å². The Morgan fingerprint density at radius 1 is 0.370 bits per heavy atom. The zero-order valence-corrected chi connectivity index (χ0v) is 88.4. The van der Waals surface area contributed by atoms with Crippen LogP contribution < -0.4 is 31.6 Å². The first-order chi connectivity index (χ1) is 65.6. The number of carbonyl (C=O) groups is 4. The number of rotatable bonds is 46. The SMILES string of the molecule is CCOP(=O)(Cc1ccc(NC(=O)[C@H](CC2CCCC2)c2ccc(S(C)(=O)=O)cc2)nc1)OCC.CCOP(=O)(Cc1ccc(NC(=O)[C@H](CC2CCCC2)c2ccc(S(C)(=O)=O)cc2)nc1)OCC.CCOP(=O)(Cc1cnc(NC(=O)N(CC2CCCC2)c2ccc(S(C)(=O)=O)cc2)cn1)OCC.CCOP(=O)(OCC)c1csc(NC(=O)[C@H](CC2CCCC2)c2ccc(S(C)(=O)=O)cc2)n1. The Hall–Kier alpha value is -8.03. The molecule has 43 heteroatoms. The first-order valence-corrected chi connectivity index (χ1v) is 62.1. The molecule has 758 valence electrons. The van der Waals surface area contributed by atoms with Crippen LogP contribution >= 0.6 is 41.7 Å². The first kappa shape index (κ1) is 114. The third-order valence-corrected chi connectivity index (χ3v) is 37.3. The second-order valence-electron chi connectivity index (χ2n) is 34.4. The Morgan fingerprint density at radius 3 is 0.986 bits per heavy atom. The second-order valence-corrected chi connectivity index (χ2v) is 51.5. The van der Waals surface area contributed by atoms with Crippen LogP contribution in [0.1, 0.15) is 229 Å². The summed E-state index contributed by atoms with van der Waals surface area (Å²) in [5.74, 6) is 0.905. The highest BCUT2D eigenvalue weighted by atomic mass is 32.2. The molecule has 0 unspecified atom stereocenters. The average molecular weight is 2080 g/mol. The minimum absolute atomic E-state index is 0.0175. The molecule has 34 nitrogen and oxygen atoms in total. The van der Waals surface area contributed by atoms with Crippen molar-refractivity contribution in [2.24, 2.45) is 23.7 Å². The molecule has 138 heavy (non-hydrogen) atoms. The summed E-state index contributed by atoms with van der Waals surface area (Å²) in [6.07, 6.45) is 30.8. The number of anilines is 5. The van der Waals surface area contributed by atoms with E-state index in [1.165, 1.54) is 62.7 Å². The van der Waals surface area contributed by atoms with Crippen molar-refractivity contribution in [2.75, 3.05) is 111 Å². The smallest absolute Gasteiger partial charge is 0.310 e. The molecule has 4 aromatic carbocycles. The number of aromatic nitrogens is 5. The number of nitrogens with zero attached hydrogens (tertiary/aromatic N) is 6. The van der Waals surface area contributed by atoms with E-state index in [-0.39, 0.29) is 126 Å². The molecule has 0 radical (unpaired) electrons.